The lowest BCUT2D eigenvalue weighted by atomic mass is 10.0. The third-order valence-electron chi connectivity index (χ3n) is 2.04. The Morgan fingerprint density at radius 1 is 1.47 bits per heavy atom. The van der Waals surface area contributed by atoms with E-state index in [2.05, 4.69) is 20.7 Å². The number of carbonyl (C=O) groups is 1. The number of hydrogen-bond donors (Lipinski definition) is 1. The average Bonchev–Trinajstić information content (AvgIpc) is 2.25. The van der Waals surface area contributed by atoms with Gasteiger partial charge in [0.2, 0.25) is 0 Å². The van der Waals surface area contributed by atoms with Crippen LogP contribution in [0.4, 0.5) is 13.2 Å². The molecule has 1 unspecified atom stereocenters. The van der Waals surface area contributed by atoms with E-state index in [0.717, 1.165) is 19.2 Å². The summed E-state index contributed by atoms with van der Waals surface area (Å²) in [6, 6.07) is 3.12. The largest absolute Gasteiger partial charge is 0.467 e. The first-order chi connectivity index (χ1) is 7.77. The van der Waals surface area contributed by atoms with Crippen molar-refractivity contribution < 1.29 is 27.8 Å². The predicted molar refractivity (Wildman–Crippen MR) is 56.1 cm³/mol. The highest BCUT2D eigenvalue weighted by atomic mass is 79.9. The molecule has 1 N–H and O–H groups in total. The summed E-state index contributed by atoms with van der Waals surface area (Å²) in [7, 11) is 0.984. The molecule has 0 aliphatic rings. The Hall–Kier alpha value is -1.08. The maximum Gasteiger partial charge on any atom is 0.416 e. The summed E-state index contributed by atoms with van der Waals surface area (Å²) in [6.07, 6.45) is -6.61. The molecule has 0 heterocycles. The van der Waals surface area contributed by atoms with Crippen molar-refractivity contribution in [2.45, 2.75) is 12.3 Å². The van der Waals surface area contributed by atoms with Crippen molar-refractivity contribution in [3.63, 3.8) is 0 Å². The van der Waals surface area contributed by atoms with Crippen LogP contribution in [0, 0.1) is 0 Å². The quantitative estimate of drug-likeness (QED) is 0.854. The summed E-state index contributed by atoms with van der Waals surface area (Å²) in [5.74, 6) is -1.14. The topological polar surface area (TPSA) is 46.5 Å². The molecular formula is C10H8BrF3O3. The van der Waals surface area contributed by atoms with Gasteiger partial charge >= 0.3 is 12.1 Å². The number of methoxy groups -OCH3 is 1. The van der Waals surface area contributed by atoms with Crippen molar-refractivity contribution in [2.75, 3.05) is 7.11 Å². The highest BCUT2D eigenvalue weighted by Crippen LogP contribution is 2.36. The van der Waals surface area contributed by atoms with Gasteiger partial charge in [0.25, 0.3) is 0 Å². The molecule has 0 radical (unpaired) electrons. The standard InChI is InChI=1S/C10H8BrF3O3/c1-17-9(16)8(15)6-3-2-5(11)4-7(6)10(12,13)14/h2-4,8,15H,1H3. The van der Waals surface area contributed by atoms with Crippen LogP contribution in [0.5, 0.6) is 0 Å². The highest BCUT2D eigenvalue weighted by Gasteiger charge is 2.36. The molecule has 7 heteroatoms. The third kappa shape index (κ3) is 3.19. The zero-order valence-corrected chi connectivity index (χ0v) is 10.2. The molecule has 0 fully saturated rings. The van der Waals surface area contributed by atoms with Crippen LogP contribution in [-0.4, -0.2) is 18.2 Å². The molecule has 0 saturated carbocycles. The Balaban J connectivity index is 3.29. The SMILES string of the molecule is COC(=O)C(O)c1ccc(Br)cc1C(F)(F)F. The Labute approximate surface area is 103 Å². The van der Waals surface area contributed by atoms with Crippen molar-refractivity contribution in [1.29, 1.82) is 0 Å². The monoisotopic (exact) mass is 312 g/mol. The zero-order valence-electron chi connectivity index (χ0n) is 8.58. The Bertz CT molecular complexity index is 431. The van der Waals surface area contributed by atoms with Crippen molar-refractivity contribution in [3.05, 3.63) is 33.8 Å². The Kier molecular flexibility index (Phi) is 4.16. The van der Waals surface area contributed by atoms with Gasteiger partial charge in [-0.15, -0.1) is 0 Å². The van der Waals surface area contributed by atoms with Crippen molar-refractivity contribution in [2.24, 2.45) is 0 Å². The lowest BCUT2D eigenvalue weighted by Crippen LogP contribution is -2.18. The third-order valence-corrected chi connectivity index (χ3v) is 2.53. The molecule has 1 aromatic carbocycles. The molecule has 0 aliphatic carbocycles. The van der Waals surface area contributed by atoms with Crippen LogP contribution in [0.3, 0.4) is 0 Å². The van der Waals surface area contributed by atoms with Crippen molar-refractivity contribution >= 4 is 21.9 Å². The predicted octanol–water partition coefficient (Wildman–Crippen LogP) is 2.67. The summed E-state index contributed by atoms with van der Waals surface area (Å²) in [6.45, 7) is 0. The molecule has 1 atom stereocenters. The number of esters is 1. The van der Waals surface area contributed by atoms with Gasteiger partial charge in [0, 0.05) is 10.0 Å². The van der Waals surface area contributed by atoms with E-state index in [1.54, 1.807) is 0 Å². The lowest BCUT2D eigenvalue weighted by molar-refractivity contribution is -0.152. The number of ether oxygens (including phenoxy) is 1. The fourth-order valence-electron chi connectivity index (χ4n) is 1.25. The minimum Gasteiger partial charge on any atom is -0.467 e. The van der Waals surface area contributed by atoms with Crippen LogP contribution in [0.1, 0.15) is 17.2 Å². The van der Waals surface area contributed by atoms with Gasteiger partial charge in [0.1, 0.15) is 0 Å². The molecule has 0 amide bonds. The van der Waals surface area contributed by atoms with E-state index in [0.29, 0.717) is 0 Å². The molecule has 1 rings (SSSR count). The number of carbonyl (C=O) groups excluding carboxylic acids is 1. The maximum atomic E-state index is 12.7. The van der Waals surface area contributed by atoms with Crippen LogP contribution in [0.15, 0.2) is 22.7 Å². The minimum absolute atomic E-state index is 0.200. The molecule has 3 nitrogen and oxygen atoms in total. The van der Waals surface area contributed by atoms with Crippen LogP contribution in [0.25, 0.3) is 0 Å². The molecular weight excluding hydrogens is 305 g/mol. The normalized spacial score (nSPS) is 13.3. The van der Waals surface area contributed by atoms with E-state index in [9.17, 15) is 23.1 Å². The van der Waals surface area contributed by atoms with Crippen LogP contribution in [-0.2, 0) is 15.7 Å². The number of alkyl halides is 3. The van der Waals surface area contributed by atoms with Gasteiger partial charge in [-0.1, -0.05) is 22.0 Å². The second kappa shape index (κ2) is 5.05. The summed E-state index contributed by atoms with van der Waals surface area (Å²) in [4.78, 5) is 11.0. The molecule has 0 aliphatic heterocycles. The molecule has 17 heavy (non-hydrogen) atoms. The van der Waals surface area contributed by atoms with Crippen LogP contribution < -0.4 is 0 Å². The minimum atomic E-state index is -4.66. The Morgan fingerprint density at radius 3 is 2.53 bits per heavy atom. The summed E-state index contributed by atoms with van der Waals surface area (Å²) >= 11 is 2.89. The molecule has 0 aromatic heterocycles. The smallest absolute Gasteiger partial charge is 0.416 e. The molecule has 0 spiro atoms. The number of hydrogen-bond acceptors (Lipinski definition) is 3. The van der Waals surface area contributed by atoms with Gasteiger partial charge in [-0.05, 0) is 12.1 Å². The molecule has 0 bridgehead atoms. The van der Waals surface area contributed by atoms with E-state index < -0.39 is 29.4 Å². The van der Waals surface area contributed by atoms with Gasteiger partial charge in [-0.3, -0.25) is 0 Å². The van der Waals surface area contributed by atoms with Crippen molar-refractivity contribution in [3.8, 4) is 0 Å². The second-order valence-corrected chi connectivity index (χ2v) is 4.07. The fourth-order valence-corrected chi connectivity index (χ4v) is 1.61. The van der Waals surface area contributed by atoms with Gasteiger partial charge < -0.3 is 9.84 Å². The van der Waals surface area contributed by atoms with Crippen LogP contribution >= 0.6 is 15.9 Å². The van der Waals surface area contributed by atoms with Gasteiger partial charge in [-0.25, -0.2) is 4.79 Å². The van der Waals surface area contributed by atoms with Crippen LogP contribution in [0.2, 0.25) is 0 Å². The molecule has 94 valence electrons. The Morgan fingerprint density at radius 2 is 2.06 bits per heavy atom. The number of benzene rings is 1. The maximum absolute atomic E-state index is 12.7. The van der Waals surface area contributed by atoms with Gasteiger partial charge in [0.15, 0.2) is 6.10 Å². The van der Waals surface area contributed by atoms with E-state index in [4.69, 9.17) is 0 Å². The summed E-state index contributed by atoms with van der Waals surface area (Å²) in [5, 5.41) is 9.43. The number of rotatable bonds is 2. The van der Waals surface area contributed by atoms with E-state index in [1.807, 2.05) is 0 Å². The second-order valence-electron chi connectivity index (χ2n) is 3.16. The fraction of sp³-hybridized carbons (Fsp3) is 0.300. The van der Waals surface area contributed by atoms with Gasteiger partial charge in [0.05, 0.1) is 12.7 Å². The molecule has 0 saturated heterocycles. The first-order valence-electron chi connectivity index (χ1n) is 4.40. The summed E-state index contributed by atoms with van der Waals surface area (Å²) in [5.41, 5.74) is -1.61. The van der Waals surface area contributed by atoms with E-state index in [1.165, 1.54) is 6.07 Å². The van der Waals surface area contributed by atoms with E-state index in [-0.39, 0.29) is 4.47 Å². The first kappa shape index (κ1) is 14.0. The van der Waals surface area contributed by atoms with Gasteiger partial charge in [-0.2, -0.15) is 13.2 Å². The lowest BCUT2D eigenvalue weighted by Gasteiger charge is -2.16. The van der Waals surface area contributed by atoms with Crippen molar-refractivity contribution in [1.82, 2.24) is 0 Å². The highest BCUT2D eigenvalue weighted by molar-refractivity contribution is 9.10. The zero-order chi connectivity index (χ0) is 13.2. The van der Waals surface area contributed by atoms with E-state index >= 15 is 0 Å². The molecule has 1 aromatic rings. The average molecular weight is 313 g/mol. The number of halogens is 4. The first-order valence-corrected chi connectivity index (χ1v) is 5.19. The summed E-state index contributed by atoms with van der Waals surface area (Å²) < 4.78 is 42.4. The number of aliphatic hydroxyl groups is 1. The number of aliphatic hydroxyl groups excluding tert-OH is 1.